The van der Waals surface area contributed by atoms with Crippen molar-refractivity contribution in [3.05, 3.63) is 0 Å². The molecule has 0 amide bonds. The standard InChI is InChI=1S/C18H37N/c1-4-6-7-11-14-18(3,5-2)17(19)15-16-12-9-8-10-13-16/h16-17H,4-15,19H2,1-3H3. The van der Waals surface area contributed by atoms with Crippen molar-refractivity contribution in [1.82, 2.24) is 0 Å². The highest BCUT2D eigenvalue weighted by Crippen LogP contribution is 2.37. The van der Waals surface area contributed by atoms with Gasteiger partial charge in [0.25, 0.3) is 0 Å². The minimum absolute atomic E-state index is 0.380. The molecule has 1 heteroatoms. The quantitative estimate of drug-likeness (QED) is 0.535. The summed E-state index contributed by atoms with van der Waals surface area (Å²) >= 11 is 0. The number of unbranched alkanes of at least 4 members (excludes halogenated alkanes) is 3. The maximum absolute atomic E-state index is 6.61. The van der Waals surface area contributed by atoms with Crippen molar-refractivity contribution in [3.8, 4) is 0 Å². The van der Waals surface area contributed by atoms with Gasteiger partial charge in [-0.3, -0.25) is 0 Å². The molecule has 114 valence electrons. The molecule has 2 unspecified atom stereocenters. The summed E-state index contributed by atoms with van der Waals surface area (Å²) in [6, 6.07) is 0.419. The highest BCUT2D eigenvalue weighted by Gasteiger charge is 2.31. The average Bonchev–Trinajstić information content (AvgIpc) is 2.44. The molecule has 0 aromatic carbocycles. The van der Waals surface area contributed by atoms with Crippen molar-refractivity contribution in [2.24, 2.45) is 17.1 Å². The molecule has 1 aliphatic carbocycles. The van der Waals surface area contributed by atoms with Gasteiger partial charge in [0.2, 0.25) is 0 Å². The molecule has 0 radical (unpaired) electrons. The molecule has 0 aromatic rings. The second kappa shape index (κ2) is 9.00. The van der Waals surface area contributed by atoms with Crippen LogP contribution in [0.5, 0.6) is 0 Å². The van der Waals surface area contributed by atoms with Gasteiger partial charge in [0.05, 0.1) is 0 Å². The number of hydrogen-bond acceptors (Lipinski definition) is 1. The molecule has 1 rings (SSSR count). The van der Waals surface area contributed by atoms with Crippen LogP contribution in [-0.4, -0.2) is 6.04 Å². The van der Waals surface area contributed by atoms with Crippen molar-refractivity contribution >= 4 is 0 Å². The smallest absolute Gasteiger partial charge is 0.00954 e. The van der Waals surface area contributed by atoms with E-state index in [0.29, 0.717) is 11.5 Å². The summed E-state index contributed by atoms with van der Waals surface area (Å²) in [7, 11) is 0. The Morgan fingerprint density at radius 2 is 1.74 bits per heavy atom. The van der Waals surface area contributed by atoms with Crippen LogP contribution in [0.4, 0.5) is 0 Å². The Balaban J connectivity index is 2.36. The monoisotopic (exact) mass is 267 g/mol. The van der Waals surface area contributed by atoms with Crippen LogP contribution in [0.25, 0.3) is 0 Å². The van der Waals surface area contributed by atoms with Gasteiger partial charge in [-0.1, -0.05) is 78.6 Å². The van der Waals surface area contributed by atoms with Gasteiger partial charge in [-0.15, -0.1) is 0 Å². The molecule has 2 N–H and O–H groups in total. The fraction of sp³-hybridized carbons (Fsp3) is 1.00. The van der Waals surface area contributed by atoms with Crippen LogP contribution in [0.15, 0.2) is 0 Å². The summed E-state index contributed by atoms with van der Waals surface area (Å²) in [5.41, 5.74) is 6.99. The molecule has 1 fully saturated rings. The highest BCUT2D eigenvalue weighted by molar-refractivity contribution is 4.86. The highest BCUT2D eigenvalue weighted by atomic mass is 14.7. The van der Waals surface area contributed by atoms with E-state index in [1.165, 1.54) is 77.0 Å². The lowest BCUT2D eigenvalue weighted by Crippen LogP contribution is -2.41. The van der Waals surface area contributed by atoms with Crippen LogP contribution in [0.3, 0.4) is 0 Å². The maximum atomic E-state index is 6.61. The van der Waals surface area contributed by atoms with Crippen LogP contribution in [0, 0.1) is 11.3 Å². The number of hydrogen-bond donors (Lipinski definition) is 1. The molecule has 19 heavy (non-hydrogen) atoms. The molecule has 1 nitrogen and oxygen atoms in total. The van der Waals surface area contributed by atoms with Crippen molar-refractivity contribution in [2.75, 3.05) is 0 Å². The first kappa shape index (κ1) is 17.0. The van der Waals surface area contributed by atoms with E-state index in [-0.39, 0.29) is 0 Å². The van der Waals surface area contributed by atoms with Crippen LogP contribution in [-0.2, 0) is 0 Å². The van der Waals surface area contributed by atoms with Crippen molar-refractivity contribution < 1.29 is 0 Å². The molecule has 1 saturated carbocycles. The van der Waals surface area contributed by atoms with Gasteiger partial charge in [-0.05, 0) is 30.6 Å². The van der Waals surface area contributed by atoms with Crippen molar-refractivity contribution in [1.29, 1.82) is 0 Å². The molecule has 0 saturated heterocycles. The lowest BCUT2D eigenvalue weighted by atomic mass is 9.71. The first-order valence-electron chi connectivity index (χ1n) is 8.88. The van der Waals surface area contributed by atoms with Crippen LogP contribution < -0.4 is 5.73 Å². The predicted molar refractivity (Wildman–Crippen MR) is 86.3 cm³/mol. The van der Waals surface area contributed by atoms with Crippen molar-refractivity contribution in [3.63, 3.8) is 0 Å². The molecular formula is C18H37N. The first-order valence-corrected chi connectivity index (χ1v) is 8.88. The Labute approximate surface area is 121 Å². The van der Waals surface area contributed by atoms with Gasteiger partial charge >= 0.3 is 0 Å². The SMILES string of the molecule is CCCCCCC(C)(CC)C(N)CC1CCCCC1. The zero-order valence-corrected chi connectivity index (χ0v) is 13.7. The Bertz CT molecular complexity index is 220. The Morgan fingerprint density at radius 3 is 2.32 bits per heavy atom. The van der Waals surface area contributed by atoms with E-state index in [1.54, 1.807) is 0 Å². The largest absolute Gasteiger partial charge is 0.327 e. The molecule has 0 aliphatic heterocycles. The Hall–Kier alpha value is -0.0400. The minimum atomic E-state index is 0.380. The fourth-order valence-electron chi connectivity index (χ4n) is 3.65. The van der Waals surface area contributed by atoms with Gasteiger partial charge in [0.15, 0.2) is 0 Å². The van der Waals surface area contributed by atoms with E-state index in [9.17, 15) is 0 Å². The molecular weight excluding hydrogens is 230 g/mol. The molecule has 0 heterocycles. The summed E-state index contributed by atoms with van der Waals surface area (Å²) in [4.78, 5) is 0. The van der Waals surface area contributed by atoms with Gasteiger partial charge in [0.1, 0.15) is 0 Å². The number of rotatable bonds is 9. The van der Waals surface area contributed by atoms with Crippen LogP contribution in [0.1, 0.15) is 97.8 Å². The Kier molecular flexibility index (Phi) is 8.06. The molecule has 0 spiro atoms. The topological polar surface area (TPSA) is 26.0 Å². The molecule has 0 bridgehead atoms. The van der Waals surface area contributed by atoms with E-state index < -0.39 is 0 Å². The third kappa shape index (κ3) is 5.85. The summed E-state index contributed by atoms with van der Waals surface area (Å²) in [5.74, 6) is 0.922. The third-order valence-corrected chi connectivity index (χ3v) is 5.62. The van der Waals surface area contributed by atoms with Gasteiger partial charge < -0.3 is 5.73 Å². The van der Waals surface area contributed by atoms with Crippen LogP contribution in [0.2, 0.25) is 0 Å². The summed E-state index contributed by atoms with van der Waals surface area (Å²) in [5, 5.41) is 0. The number of nitrogens with two attached hydrogens (primary N) is 1. The second-order valence-corrected chi connectivity index (χ2v) is 7.16. The van der Waals surface area contributed by atoms with E-state index in [0.717, 1.165) is 5.92 Å². The summed E-state index contributed by atoms with van der Waals surface area (Å²) in [6.07, 6.45) is 16.5. The minimum Gasteiger partial charge on any atom is -0.327 e. The van der Waals surface area contributed by atoms with Gasteiger partial charge in [0, 0.05) is 6.04 Å². The van der Waals surface area contributed by atoms with E-state index in [1.807, 2.05) is 0 Å². The lowest BCUT2D eigenvalue weighted by Gasteiger charge is -2.37. The second-order valence-electron chi connectivity index (χ2n) is 7.16. The Morgan fingerprint density at radius 1 is 1.05 bits per heavy atom. The maximum Gasteiger partial charge on any atom is 0.00954 e. The van der Waals surface area contributed by atoms with Gasteiger partial charge in [-0.25, -0.2) is 0 Å². The lowest BCUT2D eigenvalue weighted by molar-refractivity contribution is 0.174. The molecule has 2 atom stereocenters. The van der Waals surface area contributed by atoms with E-state index in [4.69, 9.17) is 5.73 Å². The summed E-state index contributed by atoms with van der Waals surface area (Å²) in [6.45, 7) is 7.06. The van der Waals surface area contributed by atoms with Gasteiger partial charge in [-0.2, -0.15) is 0 Å². The average molecular weight is 268 g/mol. The molecule has 0 aromatic heterocycles. The van der Waals surface area contributed by atoms with Crippen LogP contribution >= 0.6 is 0 Å². The first-order chi connectivity index (χ1) is 9.12. The summed E-state index contributed by atoms with van der Waals surface area (Å²) < 4.78 is 0. The predicted octanol–water partition coefficient (Wildman–Crippen LogP) is 5.67. The van der Waals surface area contributed by atoms with E-state index >= 15 is 0 Å². The fourth-order valence-corrected chi connectivity index (χ4v) is 3.65. The molecule has 1 aliphatic rings. The zero-order chi connectivity index (χ0) is 14.1. The zero-order valence-electron chi connectivity index (χ0n) is 13.7. The van der Waals surface area contributed by atoms with Crippen molar-refractivity contribution in [2.45, 2.75) is 104 Å². The normalized spacial score (nSPS) is 22.1. The van der Waals surface area contributed by atoms with E-state index in [2.05, 4.69) is 20.8 Å². The third-order valence-electron chi connectivity index (χ3n) is 5.62.